The van der Waals surface area contributed by atoms with Crippen LogP contribution in [0.1, 0.15) is 34.0 Å². The topological polar surface area (TPSA) is 93.4 Å². The van der Waals surface area contributed by atoms with Gasteiger partial charge in [0.1, 0.15) is 18.2 Å². The molecule has 0 saturated carbocycles. The van der Waals surface area contributed by atoms with Crippen LogP contribution in [0.4, 0.5) is 4.39 Å². The lowest BCUT2D eigenvalue weighted by Gasteiger charge is -2.28. The van der Waals surface area contributed by atoms with E-state index in [1.165, 1.54) is 18.2 Å². The van der Waals surface area contributed by atoms with Gasteiger partial charge in [0.05, 0.1) is 35.1 Å². The largest absolute Gasteiger partial charge is 0.491 e. The minimum Gasteiger partial charge on any atom is -0.491 e. The monoisotopic (exact) mass is 431 g/mol. The van der Waals surface area contributed by atoms with Gasteiger partial charge in [0.15, 0.2) is 5.82 Å². The van der Waals surface area contributed by atoms with Gasteiger partial charge in [-0.25, -0.2) is 14.4 Å². The summed E-state index contributed by atoms with van der Waals surface area (Å²) in [5.41, 5.74) is 9.04. The number of nitrogens with zero attached hydrogens (tertiary/aromatic N) is 3. The standard InChI is InChI=1S/C21H23ClFN5O2/c1-11-19(22)12(2)27-20(26-11)16-8-28(9-17(16)24)21(29)15-4-3-13(23)7-18(15)30-10-14-5-6-25-14/h3-4,7,14,25H,5-6,8-10,24H2,1-2H3/t14-/m0/s1. The number of ether oxygens (including phenoxy) is 1. The summed E-state index contributed by atoms with van der Waals surface area (Å²) in [5.74, 6) is -0.0423. The summed E-state index contributed by atoms with van der Waals surface area (Å²) in [6.45, 7) is 5.41. The number of carbonyl (C=O) groups excluding carboxylic acids is 1. The Bertz CT molecular complexity index is 1020. The van der Waals surface area contributed by atoms with Crippen LogP contribution in [0.15, 0.2) is 23.9 Å². The fraction of sp³-hybridized carbons (Fsp3) is 0.381. The van der Waals surface area contributed by atoms with Crippen molar-refractivity contribution in [3.05, 3.63) is 57.5 Å². The van der Waals surface area contributed by atoms with Crippen LogP contribution in [-0.4, -0.2) is 53.1 Å². The van der Waals surface area contributed by atoms with Crippen LogP contribution < -0.4 is 15.8 Å². The number of nitrogens with one attached hydrogen (secondary N) is 1. The third-order valence-corrected chi connectivity index (χ3v) is 5.92. The van der Waals surface area contributed by atoms with Gasteiger partial charge < -0.3 is 20.7 Å². The molecule has 2 aliphatic heterocycles. The van der Waals surface area contributed by atoms with Crippen molar-refractivity contribution in [2.24, 2.45) is 5.73 Å². The molecule has 9 heteroatoms. The van der Waals surface area contributed by atoms with Gasteiger partial charge in [-0.05, 0) is 38.9 Å². The number of nitrogens with two attached hydrogens (primary N) is 1. The normalized spacial score (nSPS) is 18.5. The molecule has 1 atom stereocenters. The van der Waals surface area contributed by atoms with Crippen LogP contribution in [0.25, 0.3) is 5.57 Å². The molecule has 3 heterocycles. The first-order valence-electron chi connectivity index (χ1n) is 9.77. The van der Waals surface area contributed by atoms with Crippen molar-refractivity contribution in [2.75, 3.05) is 26.2 Å². The average Bonchev–Trinajstić information content (AvgIpc) is 3.06. The van der Waals surface area contributed by atoms with Gasteiger partial charge in [-0.1, -0.05) is 11.6 Å². The molecule has 2 aromatic rings. The van der Waals surface area contributed by atoms with Crippen molar-refractivity contribution in [2.45, 2.75) is 26.3 Å². The molecule has 3 N–H and O–H groups in total. The molecule has 1 saturated heterocycles. The fourth-order valence-electron chi connectivity index (χ4n) is 3.49. The van der Waals surface area contributed by atoms with Gasteiger partial charge in [-0.15, -0.1) is 0 Å². The van der Waals surface area contributed by atoms with Crippen LogP contribution in [0.5, 0.6) is 5.75 Å². The van der Waals surface area contributed by atoms with Gasteiger partial charge >= 0.3 is 0 Å². The first-order valence-corrected chi connectivity index (χ1v) is 10.1. The molecule has 0 bridgehead atoms. The predicted molar refractivity (Wildman–Crippen MR) is 112 cm³/mol. The number of hydrogen-bond donors (Lipinski definition) is 2. The molecule has 1 fully saturated rings. The molecular weight excluding hydrogens is 409 g/mol. The lowest BCUT2D eigenvalue weighted by atomic mass is 10.1. The summed E-state index contributed by atoms with van der Waals surface area (Å²) in [4.78, 5) is 23.6. The number of amides is 1. The van der Waals surface area contributed by atoms with E-state index < -0.39 is 5.82 Å². The Hall–Kier alpha value is -2.71. The summed E-state index contributed by atoms with van der Waals surface area (Å²) >= 11 is 6.16. The molecule has 4 rings (SSSR count). The van der Waals surface area contributed by atoms with E-state index in [9.17, 15) is 9.18 Å². The number of aromatic nitrogens is 2. The van der Waals surface area contributed by atoms with E-state index in [2.05, 4.69) is 15.3 Å². The van der Waals surface area contributed by atoms with Crippen LogP contribution >= 0.6 is 11.6 Å². The van der Waals surface area contributed by atoms with Gasteiger partial charge in [0.25, 0.3) is 5.91 Å². The second-order valence-electron chi connectivity index (χ2n) is 7.59. The third kappa shape index (κ3) is 3.97. The lowest BCUT2D eigenvalue weighted by Crippen LogP contribution is -2.46. The highest BCUT2D eigenvalue weighted by Crippen LogP contribution is 2.29. The van der Waals surface area contributed by atoms with Crippen molar-refractivity contribution in [1.29, 1.82) is 0 Å². The molecule has 30 heavy (non-hydrogen) atoms. The Morgan fingerprint density at radius 1 is 1.33 bits per heavy atom. The fourth-order valence-corrected chi connectivity index (χ4v) is 3.57. The Morgan fingerprint density at radius 2 is 2.03 bits per heavy atom. The molecule has 158 valence electrons. The first kappa shape index (κ1) is 20.6. The molecule has 1 amide bonds. The Kier molecular flexibility index (Phi) is 5.62. The third-order valence-electron chi connectivity index (χ3n) is 5.38. The first-order chi connectivity index (χ1) is 14.3. The minimum absolute atomic E-state index is 0.223. The molecular formula is C21H23ClFN5O2. The highest BCUT2D eigenvalue weighted by Gasteiger charge is 2.30. The Balaban J connectivity index is 1.54. The van der Waals surface area contributed by atoms with Crippen LogP contribution in [-0.2, 0) is 0 Å². The minimum atomic E-state index is -0.455. The number of carbonyl (C=O) groups is 1. The number of benzene rings is 1. The van der Waals surface area contributed by atoms with E-state index in [0.717, 1.165) is 13.0 Å². The van der Waals surface area contributed by atoms with Crippen LogP contribution in [0, 0.1) is 19.7 Å². The second-order valence-corrected chi connectivity index (χ2v) is 7.97. The number of hydrogen-bond acceptors (Lipinski definition) is 6. The molecule has 1 aromatic heterocycles. The Morgan fingerprint density at radius 3 is 2.67 bits per heavy atom. The zero-order valence-electron chi connectivity index (χ0n) is 16.8. The van der Waals surface area contributed by atoms with Gasteiger partial charge in [0.2, 0.25) is 0 Å². The summed E-state index contributed by atoms with van der Waals surface area (Å²) in [6, 6.07) is 4.17. The maximum absolute atomic E-state index is 13.8. The van der Waals surface area contributed by atoms with Crippen molar-refractivity contribution in [3.63, 3.8) is 0 Å². The number of rotatable bonds is 5. The second kappa shape index (κ2) is 8.20. The maximum atomic E-state index is 13.8. The average molecular weight is 432 g/mol. The van der Waals surface area contributed by atoms with Crippen LogP contribution in [0.3, 0.4) is 0 Å². The van der Waals surface area contributed by atoms with Crippen molar-refractivity contribution >= 4 is 23.1 Å². The highest BCUT2D eigenvalue weighted by molar-refractivity contribution is 6.31. The summed E-state index contributed by atoms with van der Waals surface area (Å²) in [7, 11) is 0. The molecule has 0 aliphatic carbocycles. The van der Waals surface area contributed by atoms with E-state index in [-0.39, 0.29) is 30.8 Å². The van der Waals surface area contributed by atoms with Gasteiger partial charge in [0, 0.05) is 23.4 Å². The SMILES string of the molecule is Cc1nc(C2=C(N)CN(C(=O)c3ccc(F)cc3OC[C@@H]3CCN3)C2)nc(C)c1Cl. The van der Waals surface area contributed by atoms with E-state index >= 15 is 0 Å². The zero-order valence-corrected chi connectivity index (χ0v) is 17.6. The quantitative estimate of drug-likeness (QED) is 0.755. The van der Waals surface area contributed by atoms with Crippen molar-refractivity contribution in [1.82, 2.24) is 20.2 Å². The number of aryl methyl sites for hydroxylation is 2. The van der Waals surface area contributed by atoms with Crippen molar-refractivity contribution in [3.8, 4) is 5.75 Å². The lowest BCUT2D eigenvalue weighted by molar-refractivity contribution is 0.0793. The van der Waals surface area contributed by atoms with Crippen molar-refractivity contribution < 1.29 is 13.9 Å². The molecule has 1 aromatic carbocycles. The summed E-state index contributed by atoms with van der Waals surface area (Å²) in [6.07, 6.45) is 0.995. The van der Waals surface area contributed by atoms with Crippen LogP contribution in [0.2, 0.25) is 5.02 Å². The molecule has 2 aliphatic rings. The smallest absolute Gasteiger partial charge is 0.258 e. The summed E-state index contributed by atoms with van der Waals surface area (Å²) in [5, 5.41) is 3.73. The van der Waals surface area contributed by atoms with E-state index in [1.54, 1.807) is 18.7 Å². The summed E-state index contributed by atoms with van der Waals surface area (Å²) < 4.78 is 19.5. The predicted octanol–water partition coefficient (Wildman–Crippen LogP) is 2.45. The molecule has 0 spiro atoms. The Labute approximate surface area is 179 Å². The zero-order chi connectivity index (χ0) is 21.4. The van der Waals surface area contributed by atoms with Gasteiger partial charge in [-0.2, -0.15) is 0 Å². The molecule has 0 unspecified atom stereocenters. The molecule has 0 radical (unpaired) electrons. The van der Waals surface area contributed by atoms with E-state index in [1.807, 2.05) is 0 Å². The van der Waals surface area contributed by atoms with E-state index in [0.29, 0.717) is 45.7 Å². The van der Waals surface area contributed by atoms with Gasteiger partial charge in [-0.3, -0.25) is 4.79 Å². The molecule has 7 nitrogen and oxygen atoms in total. The number of halogens is 2. The maximum Gasteiger partial charge on any atom is 0.258 e. The highest BCUT2D eigenvalue weighted by atomic mass is 35.5. The van der Waals surface area contributed by atoms with E-state index in [4.69, 9.17) is 22.1 Å².